The summed E-state index contributed by atoms with van der Waals surface area (Å²) in [4.78, 5) is 4.71. The molecule has 0 atom stereocenters. The highest BCUT2D eigenvalue weighted by atomic mass is 32.1. The molecule has 4 nitrogen and oxygen atoms in total. The second-order valence-corrected chi connectivity index (χ2v) is 3.78. The SMILES string of the molecule is CCOCCNc1nc(C)ccc1C(N)=S. The van der Waals surface area contributed by atoms with Gasteiger partial charge >= 0.3 is 0 Å². The summed E-state index contributed by atoms with van der Waals surface area (Å²) in [6.07, 6.45) is 0. The van der Waals surface area contributed by atoms with Crippen molar-refractivity contribution in [1.29, 1.82) is 0 Å². The molecule has 0 radical (unpaired) electrons. The molecule has 0 amide bonds. The van der Waals surface area contributed by atoms with Crippen molar-refractivity contribution in [2.75, 3.05) is 25.1 Å². The Balaban J connectivity index is 2.68. The summed E-state index contributed by atoms with van der Waals surface area (Å²) in [5.41, 5.74) is 7.32. The Morgan fingerprint density at radius 3 is 2.94 bits per heavy atom. The maximum absolute atomic E-state index is 5.62. The first-order valence-electron chi connectivity index (χ1n) is 5.24. The molecule has 1 aromatic heterocycles. The van der Waals surface area contributed by atoms with Gasteiger partial charge in [-0.1, -0.05) is 12.2 Å². The van der Waals surface area contributed by atoms with Crippen molar-refractivity contribution < 1.29 is 4.74 Å². The lowest BCUT2D eigenvalue weighted by molar-refractivity contribution is 0.158. The van der Waals surface area contributed by atoms with Crippen LogP contribution < -0.4 is 11.1 Å². The number of pyridine rings is 1. The van der Waals surface area contributed by atoms with E-state index in [2.05, 4.69) is 10.3 Å². The number of ether oxygens (including phenoxy) is 1. The first kappa shape index (κ1) is 12.9. The molecule has 5 heteroatoms. The van der Waals surface area contributed by atoms with Gasteiger partial charge in [-0.2, -0.15) is 0 Å². The van der Waals surface area contributed by atoms with Crippen LogP contribution in [0.3, 0.4) is 0 Å². The van der Waals surface area contributed by atoms with Crippen molar-refractivity contribution in [3.05, 3.63) is 23.4 Å². The largest absolute Gasteiger partial charge is 0.389 e. The third-order valence-electron chi connectivity index (χ3n) is 2.04. The molecule has 0 bridgehead atoms. The van der Waals surface area contributed by atoms with Crippen LogP contribution in [0.25, 0.3) is 0 Å². The summed E-state index contributed by atoms with van der Waals surface area (Å²) in [6, 6.07) is 3.77. The Bertz CT molecular complexity index is 368. The minimum atomic E-state index is 0.353. The zero-order valence-electron chi connectivity index (χ0n) is 9.62. The van der Waals surface area contributed by atoms with Crippen LogP contribution in [0.5, 0.6) is 0 Å². The van der Waals surface area contributed by atoms with Crippen LogP contribution in [0.1, 0.15) is 18.2 Å². The molecule has 16 heavy (non-hydrogen) atoms. The van der Waals surface area contributed by atoms with Crippen molar-refractivity contribution >= 4 is 23.0 Å². The molecule has 0 aliphatic carbocycles. The van der Waals surface area contributed by atoms with E-state index in [-0.39, 0.29) is 0 Å². The van der Waals surface area contributed by atoms with E-state index in [4.69, 9.17) is 22.7 Å². The average molecular weight is 239 g/mol. The number of aromatic nitrogens is 1. The van der Waals surface area contributed by atoms with Crippen LogP contribution in [0, 0.1) is 6.92 Å². The summed E-state index contributed by atoms with van der Waals surface area (Å²) in [5, 5.41) is 3.17. The molecule has 0 spiro atoms. The van der Waals surface area contributed by atoms with E-state index < -0.39 is 0 Å². The van der Waals surface area contributed by atoms with E-state index in [1.807, 2.05) is 26.0 Å². The van der Waals surface area contributed by atoms with Gasteiger partial charge < -0.3 is 15.8 Å². The number of rotatable bonds is 6. The monoisotopic (exact) mass is 239 g/mol. The first-order chi connectivity index (χ1) is 7.65. The van der Waals surface area contributed by atoms with Gasteiger partial charge in [0.2, 0.25) is 0 Å². The summed E-state index contributed by atoms with van der Waals surface area (Å²) < 4.78 is 5.23. The molecule has 1 aromatic rings. The maximum Gasteiger partial charge on any atom is 0.136 e. The lowest BCUT2D eigenvalue weighted by Crippen LogP contribution is -2.17. The zero-order chi connectivity index (χ0) is 12.0. The number of nitrogens with zero attached hydrogens (tertiary/aromatic N) is 1. The number of nitrogens with two attached hydrogens (primary N) is 1. The molecule has 0 unspecified atom stereocenters. The van der Waals surface area contributed by atoms with Crippen molar-refractivity contribution in [1.82, 2.24) is 4.98 Å². The van der Waals surface area contributed by atoms with Crippen LogP contribution >= 0.6 is 12.2 Å². The fraction of sp³-hybridized carbons (Fsp3) is 0.455. The highest BCUT2D eigenvalue weighted by molar-refractivity contribution is 7.80. The molecular formula is C11H17N3OS. The molecule has 0 aliphatic rings. The zero-order valence-corrected chi connectivity index (χ0v) is 10.4. The quantitative estimate of drug-likeness (QED) is 0.581. The first-order valence-corrected chi connectivity index (χ1v) is 5.65. The number of nitrogens with one attached hydrogen (secondary N) is 1. The van der Waals surface area contributed by atoms with E-state index in [0.717, 1.165) is 17.1 Å². The third kappa shape index (κ3) is 3.75. The van der Waals surface area contributed by atoms with Crippen LogP contribution in [0.2, 0.25) is 0 Å². The number of anilines is 1. The molecule has 0 saturated carbocycles. The topological polar surface area (TPSA) is 60.2 Å². The number of aryl methyl sites for hydroxylation is 1. The van der Waals surface area contributed by atoms with Gasteiger partial charge in [0.25, 0.3) is 0 Å². The Labute approximate surface area is 101 Å². The fourth-order valence-corrected chi connectivity index (χ4v) is 1.44. The van der Waals surface area contributed by atoms with Crippen molar-refractivity contribution in [2.24, 2.45) is 5.73 Å². The van der Waals surface area contributed by atoms with Gasteiger partial charge in [-0.25, -0.2) is 4.98 Å². The van der Waals surface area contributed by atoms with Crippen molar-refractivity contribution in [3.8, 4) is 0 Å². The van der Waals surface area contributed by atoms with Gasteiger partial charge in [-0.05, 0) is 26.0 Å². The van der Waals surface area contributed by atoms with E-state index in [1.54, 1.807) is 0 Å². The fourth-order valence-electron chi connectivity index (χ4n) is 1.28. The molecule has 0 aromatic carbocycles. The van der Waals surface area contributed by atoms with Gasteiger partial charge in [0.05, 0.1) is 12.2 Å². The molecule has 88 valence electrons. The minimum absolute atomic E-state index is 0.353. The van der Waals surface area contributed by atoms with Gasteiger partial charge in [-0.3, -0.25) is 0 Å². The predicted octanol–water partition coefficient (Wildman–Crippen LogP) is 1.47. The Morgan fingerprint density at radius 2 is 2.31 bits per heavy atom. The second kappa shape index (κ2) is 6.40. The summed E-state index contributed by atoms with van der Waals surface area (Å²) in [5.74, 6) is 0.729. The third-order valence-corrected chi connectivity index (χ3v) is 2.26. The molecule has 0 aliphatic heterocycles. The summed E-state index contributed by atoms with van der Waals surface area (Å²) in [6.45, 7) is 5.94. The Morgan fingerprint density at radius 1 is 1.56 bits per heavy atom. The highest BCUT2D eigenvalue weighted by Crippen LogP contribution is 2.12. The van der Waals surface area contributed by atoms with Crippen LogP contribution in [0.15, 0.2) is 12.1 Å². The average Bonchev–Trinajstić information content (AvgIpc) is 2.24. The van der Waals surface area contributed by atoms with Crippen LogP contribution in [-0.4, -0.2) is 29.7 Å². The standard InChI is InChI=1S/C11H17N3OS/c1-3-15-7-6-13-11-9(10(12)16)5-4-8(2)14-11/h4-5H,3,6-7H2,1-2H3,(H2,12,16)(H,13,14). The smallest absolute Gasteiger partial charge is 0.136 e. The van der Waals surface area contributed by atoms with Crippen molar-refractivity contribution in [2.45, 2.75) is 13.8 Å². The molecule has 0 fully saturated rings. The number of hydrogen-bond donors (Lipinski definition) is 2. The summed E-state index contributed by atoms with van der Waals surface area (Å²) in [7, 11) is 0. The Hall–Kier alpha value is -1.20. The van der Waals surface area contributed by atoms with Gasteiger partial charge in [0, 0.05) is 18.8 Å². The van der Waals surface area contributed by atoms with E-state index in [1.165, 1.54) is 0 Å². The highest BCUT2D eigenvalue weighted by Gasteiger charge is 2.06. The van der Waals surface area contributed by atoms with Gasteiger partial charge in [0.1, 0.15) is 10.8 Å². The summed E-state index contributed by atoms with van der Waals surface area (Å²) >= 11 is 4.96. The molecule has 1 heterocycles. The lowest BCUT2D eigenvalue weighted by Gasteiger charge is -2.10. The van der Waals surface area contributed by atoms with Crippen LogP contribution in [-0.2, 0) is 4.74 Å². The van der Waals surface area contributed by atoms with E-state index >= 15 is 0 Å². The normalized spacial score (nSPS) is 10.1. The molecule has 0 saturated heterocycles. The van der Waals surface area contributed by atoms with Crippen molar-refractivity contribution in [3.63, 3.8) is 0 Å². The minimum Gasteiger partial charge on any atom is -0.389 e. The second-order valence-electron chi connectivity index (χ2n) is 3.34. The van der Waals surface area contributed by atoms with Gasteiger partial charge in [-0.15, -0.1) is 0 Å². The molecule has 1 rings (SSSR count). The van der Waals surface area contributed by atoms with Crippen LogP contribution in [0.4, 0.5) is 5.82 Å². The molecular weight excluding hydrogens is 222 g/mol. The Kier molecular flexibility index (Phi) is 5.14. The number of thiocarbonyl (C=S) groups is 1. The van der Waals surface area contributed by atoms with Gasteiger partial charge in [0.15, 0.2) is 0 Å². The maximum atomic E-state index is 5.62. The van der Waals surface area contributed by atoms with E-state index in [0.29, 0.717) is 24.7 Å². The lowest BCUT2D eigenvalue weighted by atomic mass is 10.2. The predicted molar refractivity (Wildman–Crippen MR) is 69.8 cm³/mol. The number of hydrogen-bond acceptors (Lipinski definition) is 4. The molecule has 3 N–H and O–H groups in total. The van der Waals surface area contributed by atoms with E-state index in [9.17, 15) is 0 Å².